The summed E-state index contributed by atoms with van der Waals surface area (Å²) in [7, 11) is 0. The summed E-state index contributed by atoms with van der Waals surface area (Å²) in [5.41, 5.74) is 0.653. The molecule has 0 atom stereocenters. The monoisotopic (exact) mass is 427 g/mol. The zero-order chi connectivity index (χ0) is 19.9. The molecule has 0 bridgehead atoms. The molecule has 0 radical (unpaired) electrons. The van der Waals surface area contributed by atoms with Crippen molar-refractivity contribution in [3.8, 4) is 17.4 Å². The minimum Gasteiger partial charge on any atom is -0.467 e. The van der Waals surface area contributed by atoms with Crippen LogP contribution in [0.1, 0.15) is 0 Å². The molecule has 0 aliphatic carbocycles. The summed E-state index contributed by atoms with van der Waals surface area (Å²) in [6.45, 7) is -0.402. The van der Waals surface area contributed by atoms with E-state index in [0.29, 0.717) is 20.9 Å². The predicted molar refractivity (Wildman–Crippen MR) is 96.3 cm³/mol. The van der Waals surface area contributed by atoms with Crippen molar-refractivity contribution in [1.82, 2.24) is 9.97 Å². The molecule has 0 saturated heterocycles. The Morgan fingerprint density at radius 3 is 2.75 bits per heavy atom. The van der Waals surface area contributed by atoms with Crippen molar-refractivity contribution in [2.75, 3.05) is 11.9 Å². The number of amides is 1. The van der Waals surface area contributed by atoms with Gasteiger partial charge in [0, 0.05) is 16.8 Å². The van der Waals surface area contributed by atoms with Crippen molar-refractivity contribution in [1.29, 1.82) is 0 Å². The molecule has 4 rings (SSSR count). The Bertz CT molecular complexity index is 1100. The summed E-state index contributed by atoms with van der Waals surface area (Å²) < 4.78 is 40.1. The average Bonchev–Trinajstić information content (AvgIpc) is 2.93. The lowest BCUT2D eigenvalue weighted by molar-refractivity contribution is -0.286. The molecule has 1 aliphatic rings. The van der Waals surface area contributed by atoms with Crippen LogP contribution in [0, 0.1) is 0 Å². The number of halogens is 4. The van der Waals surface area contributed by atoms with E-state index in [9.17, 15) is 13.6 Å². The smallest absolute Gasteiger partial charge is 0.467 e. The van der Waals surface area contributed by atoms with E-state index in [2.05, 4.69) is 24.8 Å². The van der Waals surface area contributed by atoms with Gasteiger partial charge in [-0.05, 0) is 24.3 Å². The van der Waals surface area contributed by atoms with Crippen molar-refractivity contribution in [3.63, 3.8) is 0 Å². The van der Waals surface area contributed by atoms with Gasteiger partial charge in [-0.15, -0.1) is 8.78 Å². The van der Waals surface area contributed by atoms with E-state index < -0.39 is 18.8 Å². The summed E-state index contributed by atoms with van der Waals surface area (Å²) in [6, 6.07) is 6.95. The highest BCUT2D eigenvalue weighted by molar-refractivity contribution is 6.38. The van der Waals surface area contributed by atoms with Gasteiger partial charge in [0.15, 0.2) is 18.1 Å². The number of nitrogens with one attached hydrogen (secondary N) is 1. The summed E-state index contributed by atoms with van der Waals surface area (Å²) in [5.74, 6) is -0.740. The highest BCUT2D eigenvalue weighted by Crippen LogP contribution is 2.42. The van der Waals surface area contributed by atoms with Gasteiger partial charge in [0.2, 0.25) is 5.88 Å². The Kier molecular flexibility index (Phi) is 4.56. The number of carbonyl (C=O) groups excluding carboxylic acids is 1. The summed E-state index contributed by atoms with van der Waals surface area (Å²) >= 11 is 12.1. The maximum Gasteiger partial charge on any atom is 0.586 e. The van der Waals surface area contributed by atoms with Crippen molar-refractivity contribution >= 4 is 45.7 Å². The van der Waals surface area contributed by atoms with Crippen LogP contribution < -0.4 is 19.5 Å². The lowest BCUT2D eigenvalue weighted by Crippen LogP contribution is -2.25. The van der Waals surface area contributed by atoms with Gasteiger partial charge in [-0.25, -0.2) is 9.97 Å². The van der Waals surface area contributed by atoms with Crippen molar-refractivity contribution < 1.29 is 27.8 Å². The van der Waals surface area contributed by atoms with Crippen LogP contribution in [0.15, 0.2) is 36.7 Å². The van der Waals surface area contributed by atoms with E-state index in [4.69, 9.17) is 27.9 Å². The van der Waals surface area contributed by atoms with Gasteiger partial charge in [0.1, 0.15) is 6.33 Å². The number of hydrogen-bond acceptors (Lipinski definition) is 6. The molecule has 0 unspecified atom stereocenters. The van der Waals surface area contributed by atoms with Crippen molar-refractivity contribution in [3.05, 3.63) is 46.7 Å². The van der Waals surface area contributed by atoms with Crippen LogP contribution in [-0.2, 0) is 4.79 Å². The van der Waals surface area contributed by atoms with Crippen LogP contribution in [-0.4, -0.2) is 28.8 Å². The second-order valence-corrected chi connectivity index (χ2v) is 6.47. The number of alkyl halides is 2. The Labute approximate surface area is 166 Å². The van der Waals surface area contributed by atoms with Gasteiger partial charge in [-0.3, -0.25) is 4.79 Å². The van der Waals surface area contributed by atoms with Gasteiger partial charge in [-0.1, -0.05) is 23.2 Å². The van der Waals surface area contributed by atoms with Crippen LogP contribution in [0.3, 0.4) is 0 Å². The fourth-order valence-corrected chi connectivity index (χ4v) is 3.08. The van der Waals surface area contributed by atoms with Gasteiger partial charge in [0.25, 0.3) is 5.91 Å². The molecule has 0 fully saturated rings. The third kappa shape index (κ3) is 3.71. The summed E-state index contributed by atoms with van der Waals surface area (Å²) in [4.78, 5) is 20.2. The van der Waals surface area contributed by atoms with E-state index in [-0.39, 0.29) is 23.1 Å². The van der Waals surface area contributed by atoms with E-state index >= 15 is 0 Å². The first-order valence-electron chi connectivity index (χ1n) is 7.73. The van der Waals surface area contributed by atoms with Gasteiger partial charge in [0.05, 0.1) is 15.9 Å². The molecule has 11 heteroatoms. The van der Waals surface area contributed by atoms with Gasteiger partial charge >= 0.3 is 6.29 Å². The summed E-state index contributed by atoms with van der Waals surface area (Å²) in [5, 5.41) is 3.62. The number of fused-ring (bicyclic) bond motifs is 2. The van der Waals surface area contributed by atoms with E-state index in [0.717, 1.165) is 0 Å². The molecular weight excluding hydrogens is 419 g/mol. The minimum atomic E-state index is -3.73. The second kappa shape index (κ2) is 6.92. The number of hydrogen-bond donors (Lipinski definition) is 1. The number of rotatable bonds is 4. The highest BCUT2D eigenvalue weighted by Gasteiger charge is 2.43. The van der Waals surface area contributed by atoms with Crippen LogP contribution in [0.5, 0.6) is 17.4 Å². The third-order valence-electron chi connectivity index (χ3n) is 3.65. The molecule has 28 heavy (non-hydrogen) atoms. The largest absolute Gasteiger partial charge is 0.586 e. The maximum absolute atomic E-state index is 13.0. The molecular formula is C17H9Cl2F2N3O4. The zero-order valence-corrected chi connectivity index (χ0v) is 15.2. The van der Waals surface area contributed by atoms with Crippen LogP contribution in [0.4, 0.5) is 14.5 Å². The van der Waals surface area contributed by atoms with Crippen LogP contribution in [0.2, 0.25) is 10.0 Å². The van der Waals surface area contributed by atoms with Gasteiger partial charge < -0.3 is 19.5 Å². The Morgan fingerprint density at radius 2 is 1.93 bits per heavy atom. The van der Waals surface area contributed by atoms with E-state index in [1.54, 1.807) is 6.07 Å². The maximum atomic E-state index is 13.0. The van der Waals surface area contributed by atoms with Crippen molar-refractivity contribution in [2.24, 2.45) is 0 Å². The standard InChI is InChI=1S/C17H9Cl2F2N3O4/c18-8-3-10-15(11(19)4-8)22-7-23-16(10)26-6-14(25)24-9-1-2-12-13(5-9)28-17(20,21)27-12/h1-5,7H,6H2,(H,24,25). The normalized spacial score (nSPS) is 14.1. The third-order valence-corrected chi connectivity index (χ3v) is 4.15. The molecule has 1 amide bonds. The topological polar surface area (TPSA) is 82.6 Å². The van der Waals surface area contributed by atoms with Crippen LogP contribution >= 0.6 is 23.2 Å². The van der Waals surface area contributed by atoms with E-state index in [1.165, 1.54) is 30.6 Å². The molecule has 1 aliphatic heterocycles. The SMILES string of the molecule is O=C(COc1ncnc2c(Cl)cc(Cl)cc12)Nc1ccc2c(c1)OC(F)(F)O2. The Balaban J connectivity index is 1.46. The first-order chi connectivity index (χ1) is 13.3. The first-order valence-corrected chi connectivity index (χ1v) is 8.49. The number of benzene rings is 2. The van der Waals surface area contributed by atoms with Gasteiger partial charge in [-0.2, -0.15) is 0 Å². The Hall–Kier alpha value is -2.91. The minimum absolute atomic E-state index is 0.120. The summed E-state index contributed by atoms with van der Waals surface area (Å²) in [6.07, 6.45) is -2.49. The molecule has 0 spiro atoms. The number of nitrogens with zero attached hydrogens (tertiary/aromatic N) is 2. The molecule has 1 aromatic heterocycles. The first kappa shape index (κ1) is 18.5. The Morgan fingerprint density at radius 1 is 1.14 bits per heavy atom. The molecule has 3 aromatic rings. The number of ether oxygens (including phenoxy) is 3. The average molecular weight is 428 g/mol. The zero-order valence-electron chi connectivity index (χ0n) is 13.7. The molecule has 0 saturated carbocycles. The van der Waals surface area contributed by atoms with Crippen molar-refractivity contribution in [2.45, 2.75) is 6.29 Å². The highest BCUT2D eigenvalue weighted by atomic mass is 35.5. The molecule has 144 valence electrons. The number of carbonyl (C=O) groups is 1. The number of aromatic nitrogens is 2. The quantitative estimate of drug-likeness (QED) is 0.669. The lowest BCUT2D eigenvalue weighted by atomic mass is 10.2. The molecule has 2 heterocycles. The van der Waals surface area contributed by atoms with Crippen LogP contribution in [0.25, 0.3) is 10.9 Å². The van der Waals surface area contributed by atoms with E-state index in [1.807, 2.05) is 0 Å². The fourth-order valence-electron chi connectivity index (χ4n) is 2.54. The molecule has 2 aromatic carbocycles. The lowest BCUT2D eigenvalue weighted by Gasteiger charge is -2.09. The fraction of sp³-hybridized carbons (Fsp3) is 0.118. The predicted octanol–water partition coefficient (Wildman–Crippen LogP) is 4.28. The molecule has 7 nitrogen and oxygen atoms in total. The number of anilines is 1. The molecule has 1 N–H and O–H groups in total. The second-order valence-electron chi connectivity index (χ2n) is 5.63.